The monoisotopic (exact) mass is 460 g/mol. The second kappa shape index (κ2) is 8.96. The van der Waals surface area contributed by atoms with Crippen LogP contribution in [0.3, 0.4) is 0 Å². The Morgan fingerprint density at radius 1 is 1.29 bits per heavy atom. The molecule has 1 aromatic carbocycles. The van der Waals surface area contributed by atoms with Gasteiger partial charge in [-0.3, -0.25) is 19.1 Å². The molecular weight excluding hydrogens is 436 g/mol. The van der Waals surface area contributed by atoms with Gasteiger partial charge in [0.1, 0.15) is 24.1 Å². The third-order valence-corrected chi connectivity index (χ3v) is 5.18. The van der Waals surface area contributed by atoms with E-state index in [1.165, 1.54) is 15.7 Å². The number of fused-ring (bicyclic) bond motifs is 1. The van der Waals surface area contributed by atoms with Gasteiger partial charge in [0, 0.05) is 31.3 Å². The van der Waals surface area contributed by atoms with Crippen molar-refractivity contribution in [3.05, 3.63) is 65.4 Å². The molecule has 0 radical (unpaired) electrons. The molecule has 3 heterocycles. The van der Waals surface area contributed by atoms with Gasteiger partial charge in [0.2, 0.25) is 5.82 Å². The molecule has 10 nitrogen and oxygen atoms in total. The van der Waals surface area contributed by atoms with E-state index >= 15 is 0 Å². The number of nitrogens with zero attached hydrogens (tertiary/aromatic N) is 5. The molecule has 0 aliphatic carbocycles. The molecule has 2 aromatic heterocycles. The Hall–Kier alpha value is -4.23. The van der Waals surface area contributed by atoms with Crippen LogP contribution in [0.1, 0.15) is 47.5 Å². The van der Waals surface area contributed by atoms with E-state index < -0.39 is 17.6 Å². The maximum Gasteiger partial charge on any atom is 0.286 e. The minimum atomic E-state index is -1.17. The van der Waals surface area contributed by atoms with Gasteiger partial charge in [-0.05, 0) is 19.4 Å². The molecule has 34 heavy (non-hydrogen) atoms. The number of carbonyl (C=O) groups excluding carboxylic acids is 2. The molecular formula is C24H24N6O4. The maximum absolute atomic E-state index is 13.4. The third-order valence-electron chi connectivity index (χ3n) is 5.18. The quantitative estimate of drug-likeness (QED) is 0.556. The van der Waals surface area contributed by atoms with Crippen LogP contribution in [0.25, 0.3) is 0 Å². The van der Waals surface area contributed by atoms with E-state index in [4.69, 9.17) is 10.5 Å². The second-order valence-corrected chi connectivity index (χ2v) is 8.42. The number of amides is 2. The molecule has 0 saturated carbocycles. The van der Waals surface area contributed by atoms with E-state index in [1.807, 2.05) is 30.3 Å². The number of pyridine rings is 1. The summed E-state index contributed by atoms with van der Waals surface area (Å²) in [7, 11) is 1.57. The number of ether oxygens (including phenoxy) is 1. The molecule has 2 amide bonds. The van der Waals surface area contributed by atoms with Crippen molar-refractivity contribution in [1.82, 2.24) is 19.7 Å². The zero-order valence-corrected chi connectivity index (χ0v) is 19.0. The summed E-state index contributed by atoms with van der Waals surface area (Å²) in [6.07, 6.45) is 1.84. The van der Waals surface area contributed by atoms with Crippen LogP contribution in [0.2, 0.25) is 0 Å². The molecule has 1 aliphatic heterocycles. The smallest absolute Gasteiger partial charge is 0.286 e. The number of likely N-dealkylation sites (N-methyl/N-ethyl adjacent to an activating group) is 1. The Labute approximate surface area is 196 Å². The molecule has 3 aromatic rings. The van der Waals surface area contributed by atoms with Crippen molar-refractivity contribution in [3.63, 3.8) is 0 Å². The van der Waals surface area contributed by atoms with Gasteiger partial charge in [-0.15, -0.1) is 10.2 Å². The SMILES string of the molecule is CN1C(=O)[C@@H](n2c(Cc3ccccc3)nnc2C(N)=O)COc2cc(C#CC(C)(C)O)cnc21. The summed E-state index contributed by atoms with van der Waals surface area (Å²) >= 11 is 0. The lowest BCUT2D eigenvalue weighted by Gasteiger charge is -2.21. The first-order valence-electron chi connectivity index (χ1n) is 10.6. The van der Waals surface area contributed by atoms with E-state index in [9.17, 15) is 14.7 Å². The van der Waals surface area contributed by atoms with Crippen LogP contribution in [-0.2, 0) is 11.2 Å². The van der Waals surface area contributed by atoms with Gasteiger partial charge in [-0.2, -0.15) is 0 Å². The van der Waals surface area contributed by atoms with Crippen LogP contribution in [0.4, 0.5) is 5.82 Å². The van der Waals surface area contributed by atoms with Crippen LogP contribution in [0.5, 0.6) is 5.75 Å². The highest BCUT2D eigenvalue weighted by Gasteiger charge is 2.35. The van der Waals surface area contributed by atoms with E-state index in [-0.39, 0.29) is 18.3 Å². The first-order valence-corrected chi connectivity index (χ1v) is 10.6. The number of anilines is 1. The molecule has 1 atom stereocenters. The van der Waals surface area contributed by atoms with Gasteiger partial charge >= 0.3 is 0 Å². The van der Waals surface area contributed by atoms with Crippen molar-refractivity contribution in [2.75, 3.05) is 18.6 Å². The molecule has 3 N–H and O–H groups in total. The predicted octanol–water partition coefficient (Wildman–Crippen LogP) is 1.08. The number of aliphatic hydroxyl groups is 1. The fourth-order valence-corrected chi connectivity index (χ4v) is 3.56. The number of rotatable bonds is 4. The third kappa shape index (κ3) is 4.74. The highest BCUT2D eigenvalue weighted by atomic mass is 16.5. The Bertz CT molecular complexity index is 1300. The molecule has 1 aliphatic rings. The highest BCUT2D eigenvalue weighted by molar-refractivity contribution is 5.98. The fraction of sp³-hybridized carbons (Fsp3) is 0.292. The van der Waals surface area contributed by atoms with Crippen LogP contribution in [0.15, 0.2) is 42.6 Å². The van der Waals surface area contributed by atoms with Crippen LogP contribution < -0.4 is 15.4 Å². The average molecular weight is 460 g/mol. The van der Waals surface area contributed by atoms with Gasteiger partial charge in [0.05, 0.1) is 0 Å². The maximum atomic E-state index is 13.4. The minimum Gasteiger partial charge on any atom is -0.487 e. The normalized spacial score (nSPS) is 15.6. The number of hydrogen-bond donors (Lipinski definition) is 2. The lowest BCUT2D eigenvalue weighted by atomic mass is 10.1. The summed E-state index contributed by atoms with van der Waals surface area (Å²) in [6.45, 7) is 3.06. The van der Waals surface area contributed by atoms with E-state index in [2.05, 4.69) is 27.0 Å². The van der Waals surface area contributed by atoms with Crippen molar-refractivity contribution in [3.8, 4) is 17.6 Å². The largest absolute Gasteiger partial charge is 0.487 e. The van der Waals surface area contributed by atoms with E-state index in [0.717, 1.165) is 5.56 Å². The molecule has 4 rings (SSSR count). The van der Waals surface area contributed by atoms with Gasteiger partial charge in [-0.1, -0.05) is 42.2 Å². The number of nitrogens with two attached hydrogens (primary N) is 1. The van der Waals surface area contributed by atoms with Gasteiger partial charge in [0.25, 0.3) is 11.8 Å². The number of hydrogen-bond acceptors (Lipinski definition) is 7. The molecule has 0 saturated heterocycles. The van der Waals surface area contributed by atoms with Gasteiger partial charge in [0.15, 0.2) is 11.6 Å². The number of primary amides is 1. The topological polar surface area (TPSA) is 136 Å². The Morgan fingerprint density at radius 3 is 2.71 bits per heavy atom. The summed E-state index contributed by atoms with van der Waals surface area (Å²) < 4.78 is 7.39. The first kappa shape index (κ1) is 22.9. The lowest BCUT2D eigenvalue weighted by molar-refractivity contribution is -0.122. The number of benzene rings is 1. The summed E-state index contributed by atoms with van der Waals surface area (Å²) in [4.78, 5) is 31.2. The summed E-state index contributed by atoms with van der Waals surface area (Å²) in [6, 6.07) is 10.2. The van der Waals surface area contributed by atoms with Crippen molar-refractivity contribution < 1.29 is 19.4 Å². The van der Waals surface area contributed by atoms with Gasteiger partial charge in [-0.25, -0.2) is 4.98 Å². The number of aromatic nitrogens is 4. The van der Waals surface area contributed by atoms with Crippen LogP contribution in [-0.4, -0.2) is 55.9 Å². The zero-order valence-electron chi connectivity index (χ0n) is 19.0. The Kier molecular flexibility index (Phi) is 6.04. The van der Waals surface area contributed by atoms with Crippen molar-refractivity contribution in [1.29, 1.82) is 0 Å². The molecule has 174 valence electrons. The average Bonchev–Trinajstić information content (AvgIpc) is 3.16. The summed E-state index contributed by atoms with van der Waals surface area (Å²) in [5.74, 6) is 5.34. The zero-order chi connectivity index (χ0) is 24.5. The highest BCUT2D eigenvalue weighted by Crippen LogP contribution is 2.32. The van der Waals surface area contributed by atoms with Crippen molar-refractivity contribution in [2.45, 2.75) is 31.9 Å². The molecule has 0 unspecified atom stereocenters. The Morgan fingerprint density at radius 2 is 2.03 bits per heavy atom. The second-order valence-electron chi connectivity index (χ2n) is 8.42. The molecule has 10 heteroatoms. The molecule has 0 spiro atoms. The predicted molar refractivity (Wildman–Crippen MR) is 123 cm³/mol. The standard InChI is InChI=1S/C24H24N6O4/c1-24(2,33)10-9-16-11-18-21(26-13-16)29(3)23(32)17(14-34-18)30-19(27-28-22(30)20(25)31)12-15-7-5-4-6-8-15/h4-8,11,13,17,33H,12,14H2,1-3H3,(H2,25,31)/t17-/m0/s1. The summed E-state index contributed by atoms with van der Waals surface area (Å²) in [5.41, 5.74) is 5.83. The van der Waals surface area contributed by atoms with Crippen LogP contribution >= 0.6 is 0 Å². The fourth-order valence-electron chi connectivity index (χ4n) is 3.56. The van der Waals surface area contributed by atoms with Crippen molar-refractivity contribution in [2.24, 2.45) is 5.73 Å². The van der Waals surface area contributed by atoms with Crippen LogP contribution in [0, 0.1) is 11.8 Å². The molecule has 0 fully saturated rings. The lowest BCUT2D eigenvalue weighted by Crippen LogP contribution is -2.38. The minimum absolute atomic E-state index is 0.0969. The van der Waals surface area contributed by atoms with Crippen molar-refractivity contribution >= 4 is 17.6 Å². The summed E-state index contributed by atoms with van der Waals surface area (Å²) in [5, 5.41) is 17.9. The first-order chi connectivity index (χ1) is 16.1. The van der Waals surface area contributed by atoms with Gasteiger partial charge < -0.3 is 15.6 Å². The molecule has 0 bridgehead atoms. The van der Waals surface area contributed by atoms with E-state index in [0.29, 0.717) is 29.4 Å². The van der Waals surface area contributed by atoms with E-state index in [1.54, 1.807) is 27.0 Å². The Balaban J connectivity index is 1.71. The number of carbonyl (C=O) groups is 2.